The van der Waals surface area contributed by atoms with E-state index in [1.54, 1.807) is 0 Å². The molecular formula is C17H23N3O2. The molecule has 5 nitrogen and oxygen atoms in total. The monoisotopic (exact) mass is 301 g/mol. The molecule has 1 aromatic carbocycles. The number of carbonyl (C=O) groups excluding carboxylic acids is 1. The first kappa shape index (κ1) is 16.1. The van der Waals surface area contributed by atoms with Crippen LogP contribution in [0.3, 0.4) is 0 Å². The fraction of sp³-hybridized carbons (Fsp3) is 0.412. The smallest absolute Gasteiger partial charge is 0.310 e. The number of rotatable bonds is 8. The molecule has 0 aliphatic heterocycles. The van der Waals surface area contributed by atoms with Crippen LogP contribution in [0.15, 0.2) is 30.5 Å². The first-order valence-corrected chi connectivity index (χ1v) is 7.72. The van der Waals surface area contributed by atoms with Crippen molar-refractivity contribution in [3.8, 4) is 0 Å². The Morgan fingerprint density at radius 3 is 2.73 bits per heavy atom. The van der Waals surface area contributed by atoms with Crippen molar-refractivity contribution in [2.75, 3.05) is 11.9 Å². The Morgan fingerprint density at radius 2 is 2.05 bits per heavy atom. The van der Waals surface area contributed by atoms with Crippen molar-refractivity contribution < 1.29 is 9.53 Å². The maximum Gasteiger partial charge on any atom is 0.310 e. The van der Waals surface area contributed by atoms with Gasteiger partial charge in [-0.15, -0.1) is 0 Å². The summed E-state index contributed by atoms with van der Waals surface area (Å²) in [5.41, 5.74) is 3.04. The van der Waals surface area contributed by atoms with E-state index in [-0.39, 0.29) is 5.97 Å². The van der Waals surface area contributed by atoms with E-state index in [2.05, 4.69) is 22.2 Å². The molecule has 1 aromatic heterocycles. The lowest BCUT2D eigenvalue weighted by Gasteiger charge is -2.06. The molecule has 2 aromatic rings. The average Bonchev–Trinajstić information content (AvgIpc) is 2.95. The molecule has 22 heavy (non-hydrogen) atoms. The van der Waals surface area contributed by atoms with Gasteiger partial charge in [-0.05, 0) is 31.0 Å². The molecule has 0 saturated heterocycles. The number of anilines is 1. The number of benzene rings is 1. The molecule has 0 bridgehead atoms. The van der Waals surface area contributed by atoms with E-state index >= 15 is 0 Å². The number of esters is 1. The molecule has 118 valence electrons. The van der Waals surface area contributed by atoms with E-state index < -0.39 is 0 Å². The lowest BCUT2D eigenvalue weighted by atomic mass is 10.1. The molecule has 0 unspecified atom stereocenters. The molecule has 0 amide bonds. The molecule has 0 aliphatic rings. The summed E-state index contributed by atoms with van der Waals surface area (Å²) in [6.07, 6.45) is 4.24. The van der Waals surface area contributed by atoms with Crippen molar-refractivity contribution in [2.24, 2.45) is 0 Å². The highest BCUT2D eigenvalue weighted by atomic mass is 16.5. The average molecular weight is 301 g/mol. The highest BCUT2D eigenvalue weighted by Crippen LogP contribution is 2.12. The molecule has 5 heteroatoms. The zero-order valence-corrected chi connectivity index (χ0v) is 13.2. The van der Waals surface area contributed by atoms with E-state index in [1.807, 2.05) is 37.4 Å². The van der Waals surface area contributed by atoms with E-state index in [4.69, 9.17) is 4.74 Å². The molecular weight excluding hydrogens is 278 g/mol. The Labute approximate surface area is 131 Å². The van der Waals surface area contributed by atoms with Crippen molar-refractivity contribution in [3.63, 3.8) is 0 Å². The van der Waals surface area contributed by atoms with Crippen LogP contribution in [0, 0.1) is 0 Å². The van der Waals surface area contributed by atoms with Gasteiger partial charge < -0.3 is 15.0 Å². The largest absolute Gasteiger partial charge is 0.466 e. The molecule has 2 rings (SSSR count). The number of H-pyrrole nitrogens is 1. The van der Waals surface area contributed by atoms with E-state index in [1.165, 1.54) is 0 Å². The summed E-state index contributed by atoms with van der Waals surface area (Å²) in [6, 6.07) is 7.82. The predicted octanol–water partition coefficient (Wildman–Crippen LogP) is 3.08. The number of hydrogen-bond donors (Lipinski definition) is 2. The Balaban J connectivity index is 1.84. The van der Waals surface area contributed by atoms with Crippen molar-refractivity contribution in [3.05, 3.63) is 47.5 Å². The summed E-state index contributed by atoms with van der Waals surface area (Å²) >= 11 is 0. The van der Waals surface area contributed by atoms with Gasteiger partial charge in [-0.2, -0.15) is 0 Å². The van der Waals surface area contributed by atoms with Gasteiger partial charge in [0.25, 0.3) is 0 Å². The Bertz CT molecular complexity index is 590. The summed E-state index contributed by atoms with van der Waals surface area (Å²) in [7, 11) is 0. The highest BCUT2D eigenvalue weighted by Gasteiger charge is 2.04. The molecule has 0 atom stereocenters. The van der Waals surface area contributed by atoms with Gasteiger partial charge in [-0.25, -0.2) is 4.98 Å². The maximum atomic E-state index is 11.4. The molecule has 1 heterocycles. The minimum atomic E-state index is -0.191. The first-order chi connectivity index (χ1) is 10.7. The van der Waals surface area contributed by atoms with Crippen LogP contribution in [0.1, 0.15) is 37.4 Å². The lowest BCUT2D eigenvalue weighted by Crippen LogP contribution is -2.07. The lowest BCUT2D eigenvalue weighted by molar-refractivity contribution is -0.142. The van der Waals surface area contributed by atoms with Crippen LogP contribution < -0.4 is 5.32 Å². The van der Waals surface area contributed by atoms with Gasteiger partial charge in [0.05, 0.1) is 31.5 Å². The Morgan fingerprint density at radius 1 is 1.27 bits per heavy atom. The predicted molar refractivity (Wildman–Crippen MR) is 86.7 cm³/mol. The number of nitrogens with one attached hydrogen (secondary N) is 2. The number of carbonyl (C=O) groups is 1. The van der Waals surface area contributed by atoms with Gasteiger partial charge in [0.1, 0.15) is 5.82 Å². The van der Waals surface area contributed by atoms with Crippen molar-refractivity contribution in [1.29, 1.82) is 0 Å². The van der Waals surface area contributed by atoms with Crippen LogP contribution in [0.5, 0.6) is 0 Å². The number of aromatic amines is 1. The van der Waals surface area contributed by atoms with E-state index in [9.17, 15) is 4.79 Å². The minimum absolute atomic E-state index is 0.191. The van der Waals surface area contributed by atoms with Crippen LogP contribution in [0.4, 0.5) is 5.69 Å². The minimum Gasteiger partial charge on any atom is -0.466 e. The van der Waals surface area contributed by atoms with Crippen molar-refractivity contribution in [2.45, 2.75) is 39.7 Å². The first-order valence-electron chi connectivity index (χ1n) is 7.72. The van der Waals surface area contributed by atoms with Crippen molar-refractivity contribution >= 4 is 11.7 Å². The molecule has 0 spiro atoms. The van der Waals surface area contributed by atoms with Crippen molar-refractivity contribution in [1.82, 2.24) is 9.97 Å². The van der Waals surface area contributed by atoms with Crippen LogP contribution in [0.25, 0.3) is 0 Å². The molecule has 0 radical (unpaired) electrons. The summed E-state index contributed by atoms with van der Waals surface area (Å²) in [6.45, 7) is 5.07. The number of aryl methyl sites for hydroxylation is 1. The second-order valence-electron chi connectivity index (χ2n) is 5.14. The van der Waals surface area contributed by atoms with Crippen LogP contribution in [-0.4, -0.2) is 22.5 Å². The number of imidazole rings is 1. The molecule has 2 N–H and O–H groups in total. The third-order valence-corrected chi connectivity index (χ3v) is 3.26. The third-order valence-electron chi connectivity index (χ3n) is 3.26. The summed E-state index contributed by atoms with van der Waals surface area (Å²) in [5.74, 6) is 0.841. The quantitative estimate of drug-likeness (QED) is 0.735. The fourth-order valence-electron chi connectivity index (χ4n) is 2.18. The summed E-state index contributed by atoms with van der Waals surface area (Å²) < 4.78 is 4.94. The Hall–Kier alpha value is -2.30. The van der Waals surface area contributed by atoms with E-state index in [0.29, 0.717) is 19.6 Å². The van der Waals surface area contributed by atoms with E-state index in [0.717, 1.165) is 35.6 Å². The Kier molecular flexibility index (Phi) is 6.01. The third kappa shape index (κ3) is 4.91. The van der Waals surface area contributed by atoms with Gasteiger partial charge in [0.2, 0.25) is 0 Å². The second kappa shape index (κ2) is 8.22. The fourth-order valence-corrected chi connectivity index (χ4v) is 2.18. The zero-order chi connectivity index (χ0) is 15.8. The van der Waals surface area contributed by atoms with Gasteiger partial charge in [0.15, 0.2) is 0 Å². The summed E-state index contributed by atoms with van der Waals surface area (Å²) in [5, 5.41) is 3.33. The normalized spacial score (nSPS) is 10.5. The summed E-state index contributed by atoms with van der Waals surface area (Å²) in [4.78, 5) is 19.1. The van der Waals surface area contributed by atoms with Gasteiger partial charge >= 0.3 is 5.97 Å². The highest BCUT2D eigenvalue weighted by molar-refractivity contribution is 5.72. The van der Waals surface area contributed by atoms with Crippen LogP contribution >= 0.6 is 0 Å². The standard InChI is InChI=1S/C17H23N3O2/c1-3-5-16-19-12-15(20-16)11-18-14-8-6-13(7-9-14)10-17(21)22-4-2/h6-9,12,18H,3-5,10-11H2,1-2H3,(H,19,20). The molecule has 0 saturated carbocycles. The zero-order valence-electron chi connectivity index (χ0n) is 13.2. The van der Waals surface area contributed by atoms with Crippen LogP contribution in [-0.2, 0) is 28.9 Å². The molecule has 0 fully saturated rings. The molecule has 0 aliphatic carbocycles. The number of hydrogen-bond acceptors (Lipinski definition) is 4. The topological polar surface area (TPSA) is 67.0 Å². The van der Waals surface area contributed by atoms with Gasteiger partial charge in [0, 0.05) is 12.1 Å². The number of ether oxygens (including phenoxy) is 1. The maximum absolute atomic E-state index is 11.4. The number of nitrogens with zero attached hydrogens (tertiary/aromatic N) is 1. The van der Waals surface area contributed by atoms with Gasteiger partial charge in [-0.3, -0.25) is 4.79 Å². The SMILES string of the molecule is CCCc1ncc(CNc2ccc(CC(=O)OCC)cc2)[nH]1. The second-order valence-corrected chi connectivity index (χ2v) is 5.14. The number of aromatic nitrogens is 2. The van der Waals surface area contributed by atoms with Crippen LogP contribution in [0.2, 0.25) is 0 Å². The van der Waals surface area contributed by atoms with Gasteiger partial charge in [-0.1, -0.05) is 19.1 Å².